The van der Waals surface area contributed by atoms with Gasteiger partial charge < -0.3 is 29.3 Å². The molecule has 0 aliphatic carbocycles. The molecule has 4 aliphatic rings. The fourth-order valence-corrected chi connectivity index (χ4v) is 7.35. The third kappa shape index (κ3) is 4.94. The molecule has 10 nitrogen and oxygen atoms in total. The van der Waals surface area contributed by atoms with E-state index in [-0.39, 0.29) is 24.3 Å². The molecule has 1 spiro atoms. The maximum absolute atomic E-state index is 14.5. The topological polar surface area (TPSA) is 103 Å². The maximum Gasteiger partial charge on any atom is 0.248 e. The summed E-state index contributed by atoms with van der Waals surface area (Å²) in [5.74, 6) is -2.08. The lowest BCUT2D eigenvalue weighted by Gasteiger charge is -2.40. The first-order valence-corrected chi connectivity index (χ1v) is 14.4. The average molecular weight is 547 g/mol. The van der Waals surface area contributed by atoms with Crippen molar-refractivity contribution in [1.82, 2.24) is 19.6 Å². The third-order valence-electron chi connectivity index (χ3n) is 9.42. The standard InChI is InChI=1S/C29H46N4O6/c1-6-12-30(5)25(35)22-23-26(36)33(21(8-3)20-34)24(29(23)11-10-28(22,9-4)39-29)27(37)32(13-7-2)15-14-31-16-18-38-19-17-31/h6-7,21-24,34H,1-2,8-20H2,3-5H3/t21-,22-,23-,24?,28+,29?/m0/s1. The minimum Gasteiger partial charge on any atom is -0.394 e. The molecule has 4 fully saturated rings. The molecule has 0 aromatic heterocycles. The summed E-state index contributed by atoms with van der Waals surface area (Å²) in [6.45, 7) is 16.1. The highest BCUT2D eigenvalue weighted by Gasteiger charge is 2.79. The van der Waals surface area contributed by atoms with Gasteiger partial charge in [0, 0.05) is 46.3 Å². The van der Waals surface area contributed by atoms with Gasteiger partial charge in [-0.1, -0.05) is 26.0 Å². The van der Waals surface area contributed by atoms with Gasteiger partial charge in [-0.3, -0.25) is 19.3 Å². The van der Waals surface area contributed by atoms with Crippen molar-refractivity contribution in [3.05, 3.63) is 25.3 Å². The monoisotopic (exact) mass is 546 g/mol. The van der Waals surface area contributed by atoms with Gasteiger partial charge >= 0.3 is 0 Å². The van der Waals surface area contributed by atoms with E-state index < -0.39 is 35.1 Å². The molecule has 39 heavy (non-hydrogen) atoms. The first-order valence-electron chi connectivity index (χ1n) is 14.4. The molecule has 3 amide bonds. The Morgan fingerprint density at radius 3 is 2.44 bits per heavy atom. The van der Waals surface area contributed by atoms with Gasteiger partial charge in [0.25, 0.3) is 0 Å². The van der Waals surface area contributed by atoms with Crippen molar-refractivity contribution in [2.75, 3.05) is 66.1 Å². The third-order valence-corrected chi connectivity index (χ3v) is 9.42. The summed E-state index contributed by atoms with van der Waals surface area (Å²) >= 11 is 0. The van der Waals surface area contributed by atoms with Crippen molar-refractivity contribution < 1.29 is 29.0 Å². The number of hydrogen-bond acceptors (Lipinski definition) is 7. The molecular formula is C29H46N4O6. The first kappa shape index (κ1) is 29.7. The molecule has 0 aromatic carbocycles. The molecule has 10 heteroatoms. The Hall–Kier alpha value is -2.27. The summed E-state index contributed by atoms with van der Waals surface area (Å²) in [5.41, 5.74) is -1.91. The number of nitrogens with zero attached hydrogens (tertiary/aromatic N) is 4. The van der Waals surface area contributed by atoms with Crippen molar-refractivity contribution in [2.45, 2.75) is 62.8 Å². The smallest absolute Gasteiger partial charge is 0.248 e. The van der Waals surface area contributed by atoms with Gasteiger partial charge in [-0.25, -0.2) is 0 Å². The Bertz CT molecular complexity index is 950. The molecule has 218 valence electrons. The Kier molecular flexibility index (Phi) is 9.20. The molecule has 2 bridgehead atoms. The number of likely N-dealkylation sites (tertiary alicyclic amines) is 1. The van der Waals surface area contributed by atoms with E-state index in [0.29, 0.717) is 65.1 Å². The molecule has 0 radical (unpaired) electrons. The van der Waals surface area contributed by atoms with E-state index in [2.05, 4.69) is 18.1 Å². The van der Waals surface area contributed by atoms with Gasteiger partial charge in [0.2, 0.25) is 17.7 Å². The van der Waals surface area contributed by atoms with Crippen LogP contribution >= 0.6 is 0 Å². The zero-order valence-corrected chi connectivity index (χ0v) is 23.8. The minimum atomic E-state index is -1.11. The number of aliphatic hydroxyl groups excluding tert-OH is 1. The molecular weight excluding hydrogens is 500 g/mol. The maximum atomic E-state index is 14.5. The molecule has 4 aliphatic heterocycles. The van der Waals surface area contributed by atoms with E-state index in [0.717, 1.165) is 13.1 Å². The SMILES string of the molecule is C=CCN(C)C(=O)[C@@H]1[C@H]2C(=O)N([C@@H](CC)CO)C(C(=O)N(CC=C)CCN3CCOCC3)C23CC[C@@]1(CC)O3. The van der Waals surface area contributed by atoms with Crippen molar-refractivity contribution in [2.24, 2.45) is 11.8 Å². The highest BCUT2D eigenvalue weighted by molar-refractivity contribution is 5.99. The van der Waals surface area contributed by atoms with E-state index in [4.69, 9.17) is 9.47 Å². The van der Waals surface area contributed by atoms with Crippen LogP contribution in [0.3, 0.4) is 0 Å². The van der Waals surface area contributed by atoms with Gasteiger partial charge in [0.15, 0.2) is 0 Å². The van der Waals surface area contributed by atoms with Gasteiger partial charge in [0.05, 0.1) is 43.3 Å². The lowest BCUT2D eigenvalue weighted by Crippen LogP contribution is -2.59. The molecule has 4 saturated heterocycles. The van der Waals surface area contributed by atoms with Crippen molar-refractivity contribution in [3.8, 4) is 0 Å². The van der Waals surface area contributed by atoms with E-state index >= 15 is 0 Å². The van der Waals surface area contributed by atoms with Crippen molar-refractivity contribution in [1.29, 1.82) is 0 Å². The van der Waals surface area contributed by atoms with Crippen LogP contribution in [0.15, 0.2) is 25.3 Å². The van der Waals surface area contributed by atoms with E-state index in [1.54, 1.807) is 33.9 Å². The van der Waals surface area contributed by atoms with Crippen LogP contribution in [0.4, 0.5) is 0 Å². The summed E-state index contributed by atoms with van der Waals surface area (Å²) in [5, 5.41) is 10.3. The first-order chi connectivity index (χ1) is 18.7. The predicted octanol–water partition coefficient (Wildman–Crippen LogP) is 0.903. The number of rotatable bonds is 13. The second-order valence-electron chi connectivity index (χ2n) is 11.4. The number of ether oxygens (including phenoxy) is 2. The van der Waals surface area contributed by atoms with Crippen LogP contribution in [0.2, 0.25) is 0 Å². The molecule has 6 atom stereocenters. The summed E-state index contributed by atoms with van der Waals surface area (Å²) in [6.07, 6.45) is 5.55. The van der Waals surface area contributed by atoms with E-state index in [1.165, 1.54) is 0 Å². The van der Waals surface area contributed by atoms with Crippen LogP contribution in [0, 0.1) is 11.8 Å². The Morgan fingerprint density at radius 2 is 1.85 bits per heavy atom. The Balaban J connectivity index is 1.73. The fourth-order valence-electron chi connectivity index (χ4n) is 7.35. The second kappa shape index (κ2) is 12.1. The molecule has 4 rings (SSSR count). The van der Waals surface area contributed by atoms with Crippen LogP contribution in [-0.2, 0) is 23.9 Å². The van der Waals surface area contributed by atoms with Gasteiger partial charge in [-0.05, 0) is 25.7 Å². The second-order valence-corrected chi connectivity index (χ2v) is 11.4. The van der Waals surface area contributed by atoms with Crippen LogP contribution < -0.4 is 0 Å². The molecule has 1 N–H and O–H groups in total. The lowest BCUT2D eigenvalue weighted by molar-refractivity contribution is -0.157. The number of morpholine rings is 1. The van der Waals surface area contributed by atoms with E-state index in [1.807, 2.05) is 13.8 Å². The molecule has 0 aromatic rings. The lowest BCUT2D eigenvalue weighted by atomic mass is 9.64. The number of hydrogen-bond donors (Lipinski definition) is 1. The number of likely N-dealkylation sites (N-methyl/N-ethyl adjacent to an activating group) is 1. The summed E-state index contributed by atoms with van der Waals surface area (Å²) in [4.78, 5) is 49.8. The van der Waals surface area contributed by atoms with Crippen LogP contribution in [0.5, 0.6) is 0 Å². The number of amides is 3. The normalized spacial score (nSPS) is 32.7. The van der Waals surface area contributed by atoms with Crippen LogP contribution in [0.25, 0.3) is 0 Å². The predicted molar refractivity (Wildman–Crippen MR) is 147 cm³/mol. The van der Waals surface area contributed by atoms with Gasteiger partial charge in [-0.15, -0.1) is 13.2 Å². The van der Waals surface area contributed by atoms with Crippen molar-refractivity contribution in [3.63, 3.8) is 0 Å². The largest absolute Gasteiger partial charge is 0.394 e. The summed E-state index contributed by atoms with van der Waals surface area (Å²) in [6, 6.07) is -1.45. The highest BCUT2D eigenvalue weighted by atomic mass is 16.5. The van der Waals surface area contributed by atoms with Gasteiger partial charge in [0.1, 0.15) is 11.6 Å². The summed E-state index contributed by atoms with van der Waals surface area (Å²) < 4.78 is 12.3. The summed E-state index contributed by atoms with van der Waals surface area (Å²) in [7, 11) is 1.71. The number of aliphatic hydroxyl groups is 1. The zero-order valence-electron chi connectivity index (χ0n) is 23.8. The number of carbonyl (C=O) groups excluding carboxylic acids is 3. The fraction of sp³-hybridized carbons (Fsp3) is 0.759. The van der Waals surface area contributed by atoms with Gasteiger partial charge in [-0.2, -0.15) is 0 Å². The highest BCUT2D eigenvalue weighted by Crippen LogP contribution is 2.65. The molecule has 4 heterocycles. The Morgan fingerprint density at radius 1 is 1.15 bits per heavy atom. The average Bonchev–Trinajstić information content (AvgIpc) is 3.55. The Labute approximate surface area is 232 Å². The zero-order chi connectivity index (χ0) is 28.4. The number of carbonyl (C=O) groups is 3. The quantitative estimate of drug-likeness (QED) is 0.343. The molecule has 2 unspecified atom stereocenters. The minimum absolute atomic E-state index is 0.156. The molecule has 0 saturated carbocycles. The van der Waals surface area contributed by atoms with Crippen molar-refractivity contribution >= 4 is 17.7 Å². The number of fused-ring (bicyclic) bond motifs is 1. The van der Waals surface area contributed by atoms with Crippen LogP contribution in [-0.4, -0.2) is 132 Å². The van der Waals surface area contributed by atoms with E-state index in [9.17, 15) is 19.5 Å². The van der Waals surface area contributed by atoms with Crippen LogP contribution in [0.1, 0.15) is 39.5 Å².